The first-order chi connectivity index (χ1) is 9.11. The van der Waals surface area contributed by atoms with E-state index in [0.29, 0.717) is 5.82 Å². The summed E-state index contributed by atoms with van der Waals surface area (Å²) in [7, 11) is 0. The Labute approximate surface area is 117 Å². The molecule has 0 aliphatic rings. The van der Waals surface area contributed by atoms with Gasteiger partial charge in [-0.3, -0.25) is 0 Å². The molecule has 0 saturated carbocycles. The van der Waals surface area contributed by atoms with E-state index in [2.05, 4.69) is 47.5 Å². The van der Waals surface area contributed by atoms with Crippen LogP contribution in [0.4, 0.5) is 17.3 Å². The average Bonchev–Trinajstić information content (AvgIpc) is 2.38. The highest BCUT2D eigenvalue weighted by Gasteiger charge is 2.13. The average molecular weight is 274 g/mol. The zero-order valence-electron chi connectivity index (χ0n) is 11.3. The first-order valence-electron chi connectivity index (χ1n) is 6.13. The predicted molar refractivity (Wildman–Crippen MR) is 82.0 cm³/mol. The Hall–Kier alpha value is -1.75. The Kier molecular flexibility index (Phi) is 4.27. The Morgan fingerprint density at radius 1 is 1.26 bits per heavy atom. The smallest absolute Gasteiger partial charge is 0.139 e. The third kappa shape index (κ3) is 3.17. The molecule has 0 bridgehead atoms. The van der Waals surface area contributed by atoms with Crippen LogP contribution < -0.4 is 11.1 Å². The summed E-state index contributed by atoms with van der Waals surface area (Å²) in [5, 5.41) is 3.32. The maximum absolute atomic E-state index is 5.94. The van der Waals surface area contributed by atoms with Crippen LogP contribution in [0.15, 0.2) is 35.5 Å². The van der Waals surface area contributed by atoms with Gasteiger partial charge in [-0.15, -0.1) is 11.8 Å². The molecular formula is C14H18N4S. The summed E-state index contributed by atoms with van der Waals surface area (Å²) in [6.07, 6.45) is 3.54. The van der Waals surface area contributed by atoms with Gasteiger partial charge in [0.25, 0.3) is 0 Å². The molecule has 2 aromatic rings. The molecule has 0 unspecified atom stereocenters. The summed E-state index contributed by atoms with van der Waals surface area (Å²) in [6.45, 7) is 4.16. The zero-order valence-corrected chi connectivity index (χ0v) is 12.2. The number of hydrogen-bond acceptors (Lipinski definition) is 5. The zero-order chi connectivity index (χ0) is 13.8. The fraction of sp³-hybridized carbons (Fsp3) is 0.286. The second-order valence-corrected chi connectivity index (χ2v) is 5.41. The van der Waals surface area contributed by atoms with Gasteiger partial charge in [-0.25, -0.2) is 9.97 Å². The third-order valence-corrected chi connectivity index (χ3v) is 3.55. The molecule has 1 aromatic heterocycles. The van der Waals surface area contributed by atoms with Crippen molar-refractivity contribution in [3.05, 3.63) is 36.2 Å². The number of nitrogens with zero attached hydrogens (tertiary/aromatic N) is 2. The highest BCUT2D eigenvalue weighted by Crippen LogP contribution is 2.29. The summed E-state index contributed by atoms with van der Waals surface area (Å²) in [5.41, 5.74) is 7.90. The second kappa shape index (κ2) is 5.93. The van der Waals surface area contributed by atoms with Gasteiger partial charge in [0.1, 0.15) is 18.0 Å². The van der Waals surface area contributed by atoms with Crippen molar-refractivity contribution in [2.24, 2.45) is 0 Å². The van der Waals surface area contributed by atoms with Crippen molar-refractivity contribution in [3.8, 4) is 0 Å². The molecule has 19 heavy (non-hydrogen) atoms. The Morgan fingerprint density at radius 2 is 2.05 bits per heavy atom. The lowest BCUT2D eigenvalue weighted by Crippen LogP contribution is -2.06. The van der Waals surface area contributed by atoms with Crippen molar-refractivity contribution in [3.63, 3.8) is 0 Å². The van der Waals surface area contributed by atoms with E-state index in [-0.39, 0.29) is 5.92 Å². The number of nitrogens with one attached hydrogen (secondary N) is 1. The molecule has 1 heterocycles. The van der Waals surface area contributed by atoms with Gasteiger partial charge in [-0.2, -0.15) is 0 Å². The van der Waals surface area contributed by atoms with E-state index < -0.39 is 0 Å². The van der Waals surface area contributed by atoms with Crippen LogP contribution in [0.25, 0.3) is 0 Å². The van der Waals surface area contributed by atoms with E-state index in [1.807, 2.05) is 12.1 Å². The number of thioether (sulfide) groups is 1. The standard InChI is InChI=1S/C14H18N4S/c1-9(2)12-13(15)16-8-17-14(12)18-10-5-4-6-11(7-10)19-3/h4-9H,1-3H3,(H3,15,16,17,18). The minimum atomic E-state index is 0.271. The number of aromatic nitrogens is 2. The number of hydrogen-bond donors (Lipinski definition) is 2. The fourth-order valence-electron chi connectivity index (χ4n) is 1.92. The lowest BCUT2D eigenvalue weighted by Gasteiger charge is -2.15. The van der Waals surface area contributed by atoms with Crippen LogP contribution in [0.5, 0.6) is 0 Å². The Balaban J connectivity index is 2.35. The molecule has 4 nitrogen and oxygen atoms in total. The summed E-state index contributed by atoms with van der Waals surface area (Å²) in [5.74, 6) is 1.58. The van der Waals surface area contributed by atoms with Crippen molar-refractivity contribution in [2.45, 2.75) is 24.7 Å². The van der Waals surface area contributed by atoms with E-state index in [4.69, 9.17) is 5.73 Å². The molecule has 1 aromatic carbocycles. The van der Waals surface area contributed by atoms with Crippen molar-refractivity contribution in [1.29, 1.82) is 0 Å². The molecular weight excluding hydrogens is 256 g/mol. The fourth-order valence-corrected chi connectivity index (χ4v) is 2.38. The minimum absolute atomic E-state index is 0.271. The van der Waals surface area contributed by atoms with E-state index in [0.717, 1.165) is 17.1 Å². The number of benzene rings is 1. The van der Waals surface area contributed by atoms with Gasteiger partial charge in [0.15, 0.2) is 0 Å². The second-order valence-electron chi connectivity index (χ2n) is 4.53. The van der Waals surface area contributed by atoms with Crippen molar-refractivity contribution < 1.29 is 0 Å². The third-order valence-electron chi connectivity index (χ3n) is 2.82. The maximum Gasteiger partial charge on any atom is 0.139 e. The first kappa shape index (κ1) is 13.7. The number of nitrogen functional groups attached to an aromatic ring is 1. The van der Waals surface area contributed by atoms with E-state index in [1.54, 1.807) is 11.8 Å². The van der Waals surface area contributed by atoms with Crippen molar-refractivity contribution >= 4 is 29.1 Å². The quantitative estimate of drug-likeness (QED) is 0.833. The molecule has 5 heteroatoms. The monoisotopic (exact) mass is 274 g/mol. The molecule has 0 radical (unpaired) electrons. The highest BCUT2D eigenvalue weighted by molar-refractivity contribution is 7.98. The normalized spacial score (nSPS) is 10.7. The van der Waals surface area contributed by atoms with Crippen LogP contribution in [0.3, 0.4) is 0 Å². The van der Waals surface area contributed by atoms with Gasteiger partial charge in [0.05, 0.1) is 0 Å². The lowest BCUT2D eigenvalue weighted by molar-refractivity contribution is 0.855. The number of nitrogens with two attached hydrogens (primary N) is 1. The summed E-state index contributed by atoms with van der Waals surface area (Å²) in [4.78, 5) is 9.57. The highest BCUT2D eigenvalue weighted by atomic mass is 32.2. The van der Waals surface area contributed by atoms with Crippen LogP contribution in [0.2, 0.25) is 0 Å². The molecule has 0 aliphatic carbocycles. The van der Waals surface area contributed by atoms with Gasteiger partial charge in [0, 0.05) is 16.1 Å². The summed E-state index contributed by atoms with van der Waals surface area (Å²) >= 11 is 1.71. The lowest BCUT2D eigenvalue weighted by atomic mass is 10.0. The topological polar surface area (TPSA) is 63.8 Å². The SMILES string of the molecule is CSc1cccc(Nc2ncnc(N)c2C(C)C)c1. The molecule has 0 saturated heterocycles. The van der Waals surface area contributed by atoms with Gasteiger partial charge < -0.3 is 11.1 Å². The minimum Gasteiger partial charge on any atom is -0.383 e. The van der Waals surface area contributed by atoms with Crippen LogP contribution in [-0.4, -0.2) is 16.2 Å². The number of anilines is 3. The molecule has 0 amide bonds. The molecule has 0 spiro atoms. The first-order valence-corrected chi connectivity index (χ1v) is 7.35. The molecule has 0 atom stereocenters. The van der Waals surface area contributed by atoms with Crippen LogP contribution in [0, 0.1) is 0 Å². The van der Waals surface area contributed by atoms with Gasteiger partial charge in [0.2, 0.25) is 0 Å². The van der Waals surface area contributed by atoms with E-state index >= 15 is 0 Å². The van der Waals surface area contributed by atoms with Gasteiger partial charge in [-0.1, -0.05) is 19.9 Å². The van der Waals surface area contributed by atoms with Crippen LogP contribution >= 0.6 is 11.8 Å². The Bertz CT molecular complexity index is 569. The molecule has 0 fully saturated rings. The summed E-state index contributed by atoms with van der Waals surface area (Å²) in [6, 6.07) is 8.20. The maximum atomic E-state index is 5.94. The summed E-state index contributed by atoms with van der Waals surface area (Å²) < 4.78 is 0. The Morgan fingerprint density at radius 3 is 2.74 bits per heavy atom. The van der Waals surface area contributed by atoms with Gasteiger partial charge >= 0.3 is 0 Å². The predicted octanol–water partition coefficient (Wildman–Crippen LogP) is 3.65. The van der Waals surface area contributed by atoms with E-state index in [9.17, 15) is 0 Å². The van der Waals surface area contributed by atoms with Crippen LogP contribution in [0.1, 0.15) is 25.3 Å². The van der Waals surface area contributed by atoms with E-state index in [1.165, 1.54) is 11.2 Å². The van der Waals surface area contributed by atoms with Gasteiger partial charge in [-0.05, 0) is 30.4 Å². The molecule has 2 rings (SSSR count). The molecule has 0 aliphatic heterocycles. The molecule has 3 N–H and O–H groups in total. The number of rotatable bonds is 4. The molecule has 100 valence electrons. The largest absolute Gasteiger partial charge is 0.383 e. The van der Waals surface area contributed by atoms with Crippen LogP contribution in [-0.2, 0) is 0 Å². The van der Waals surface area contributed by atoms with Crippen molar-refractivity contribution in [1.82, 2.24) is 9.97 Å². The van der Waals surface area contributed by atoms with Crippen molar-refractivity contribution in [2.75, 3.05) is 17.3 Å².